The van der Waals surface area contributed by atoms with Gasteiger partial charge in [-0.05, 0) is 37.1 Å². The van der Waals surface area contributed by atoms with Crippen LogP contribution >= 0.6 is 11.3 Å². The fourth-order valence-corrected chi connectivity index (χ4v) is 4.42. The number of hydrogen-bond donors (Lipinski definition) is 1. The van der Waals surface area contributed by atoms with E-state index in [4.69, 9.17) is 0 Å². The lowest BCUT2D eigenvalue weighted by Crippen LogP contribution is -2.48. The second kappa shape index (κ2) is 6.05. The standard InChI is InChI=1S/C16H21N5OS/c1-20(13-7-11-4-5-12(8-13)17-11)16(22)15-10-21(19-18-15)9-14-3-2-6-23-14/h2-3,6,10-13,17H,4-5,7-9H2,1H3. The molecule has 2 aliphatic heterocycles. The molecule has 122 valence electrons. The summed E-state index contributed by atoms with van der Waals surface area (Å²) in [7, 11) is 1.90. The number of carbonyl (C=O) groups is 1. The van der Waals surface area contributed by atoms with Gasteiger partial charge in [0.15, 0.2) is 5.69 Å². The average Bonchev–Trinajstić information content (AvgIpc) is 3.29. The number of rotatable bonds is 4. The van der Waals surface area contributed by atoms with E-state index < -0.39 is 0 Å². The van der Waals surface area contributed by atoms with Gasteiger partial charge in [0.05, 0.1) is 12.7 Å². The van der Waals surface area contributed by atoms with Crippen molar-refractivity contribution in [1.29, 1.82) is 0 Å². The van der Waals surface area contributed by atoms with Crippen molar-refractivity contribution >= 4 is 17.2 Å². The molecule has 2 atom stereocenters. The molecule has 2 bridgehead atoms. The molecule has 1 N–H and O–H groups in total. The summed E-state index contributed by atoms with van der Waals surface area (Å²) in [4.78, 5) is 15.8. The minimum Gasteiger partial charge on any atom is -0.337 e. The molecule has 2 unspecified atom stereocenters. The fraction of sp³-hybridized carbons (Fsp3) is 0.562. The quantitative estimate of drug-likeness (QED) is 0.927. The van der Waals surface area contributed by atoms with Gasteiger partial charge < -0.3 is 10.2 Å². The highest BCUT2D eigenvalue weighted by Gasteiger charge is 2.36. The normalized spacial score (nSPS) is 26.4. The SMILES string of the molecule is CN(C(=O)c1cn(Cc2cccs2)nn1)C1CC2CCC(C1)N2. The van der Waals surface area contributed by atoms with Crippen molar-refractivity contribution in [3.63, 3.8) is 0 Å². The molecule has 2 fully saturated rings. The predicted octanol–water partition coefficient (Wildman–Crippen LogP) is 1.74. The van der Waals surface area contributed by atoms with Gasteiger partial charge in [0.25, 0.3) is 5.91 Å². The van der Waals surface area contributed by atoms with Gasteiger partial charge in [-0.1, -0.05) is 11.3 Å². The Bertz CT molecular complexity index is 670. The molecular formula is C16H21N5OS. The lowest BCUT2D eigenvalue weighted by Gasteiger charge is -2.35. The first-order chi connectivity index (χ1) is 11.2. The number of aromatic nitrogens is 3. The van der Waals surface area contributed by atoms with Crippen LogP contribution in [0.2, 0.25) is 0 Å². The van der Waals surface area contributed by atoms with Crippen molar-refractivity contribution in [2.75, 3.05) is 7.05 Å². The maximum atomic E-state index is 12.7. The minimum absolute atomic E-state index is 0.0197. The third-order valence-corrected chi connectivity index (χ3v) is 5.83. The van der Waals surface area contributed by atoms with Gasteiger partial charge in [0.1, 0.15) is 0 Å². The van der Waals surface area contributed by atoms with Gasteiger partial charge in [-0.3, -0.25) is 4.79 Å². The smallest absolute Gasteiger partial charge is 0.276 e. The first-order valence-corrected chi connectivity index (χ1v) is 9.03. The second-order valence-electron chi connectivity index (χ2n) is 6.56. The van der Waals surface area contributed by atoms with Crippen LogP contribution < -0.4 is 5.32 Å². The summed E-state index contributed by atoms with van der Waals surface area (Å²) in [6, 6.07) is 5.53. The number of carbonyl (C=O) groups excluding carboxylic acids is 1. The predicted molar refractivity (Wildman–Crippen MR) is 88.5 cm³/mol. The highest BCUT2D eigenvalue weighted by molar-refractivity contribution is 7.09. The van der Waals surface area contributed by atoms with Crippen molar-refractivity contribution in [2.45, 2.75) is 50.4 Å². The highest BCUT2D eigenvalue weighted by Crippen LogP contribution is 2.29. The Labute approximate surface area is 139 Å². The molecule has 1 amide bonds. The Morgan fingerprint density at radius 1 is 1.43 bits per heavy atom. The van der Waals surface area contributed by atoms with Crippen molar-refractivity contribution in [3.05, 3.63) is 34.3 Å². The molecular weight excluding hydrogens is 310 g/mol. The zero-order valence-corrected chi connectivity index (χ0v) is 14.0. The Hall–Kier alpha value is -1.73. The number of piperidine rings is 1. The van der Waals surface area contributed by atoms with Crippen molar-refractivity contribution in [3.8, 4) is 0 Å². The maximum Gasteiger partial charge on any atom is 0.276 e. The van der Waals surface area contributed by atoms with Crippen LogP contribution in [0.5, 0.6) is 0 Å². The van der Waals surface area contributed by atoms with Gasteiger partial charge in [0, 0.05) is 30.1 Å². The number of thiophene rings is 1. The molecule has 2 aromatic heterocycles. The van der Waals surface area contributed by atoms with Crippen molar-refractivity contribution < 1.29 is 4.79 Å². The van der Waals surface area contributed by atoms with E-state index in [2.05, 4.69) is 21.7 Å². The van der Waals surface area contributed by atoms with Crippen LogP contribution in [0.3, 0.4) is 0 Å². The Kier molecular flexibility index (Phi) is 3.90. The van der Waals surface area contributed by atoms with E-state index in [1.54, 1.807) is 22.2 Å². The van der Waals surface area contributed by atoms with Crippen LogP contribution in [-0.4, -0.2) is 51.0 Å². The van der Waals surface area contributed by atoms with Gasteiger partial charge in [-0.25, -0.2) is 4.68 Å². The Morgan fingerprint density at radius 2 is 2.22 bits per heavy atom. The molecule has 2 saturated heterocycles. The molecule has 23 heavy (non-hydrogen) atoms. The summed E-state index contributed by atoms with van der Waals surface area (Å²) in [6.07, 6.45) is 6.32. The Balaban J connectivity index is 1.43. The fourth-order valence-electron chi connectivity index (χ4n) is 3.73. The molecule has 0 aliphatic carbocycles. The van der Waals surface area contributed by atoms with Crippen LogP contribution in [0.4, 0.5) is 0 Å². The topological polar surface area (TPSA) is 63.1 Å². The van der Waals surface area contributed by atoms with Gasteiger partial charge >= 0.3 is 0 Å². The zero-order valence-electron chi connectivity index (χ0n) is 13.2. The first-order valence-electron chi connectivity index (χ1n) is 8.15. The average molecular weight is 331 g/mol. The third-order valence-electron chi connectivity index (χ3n) is 4.97. The van der Waals surface area contributed by atoms with Crippen LogP contribution in [0.25, 0.3) is 0 Å². The molecule has 0 aromatic carbocycles. The van der Waals surface area contributed by atoms with E-state index in [0.29, 0.717) is 30.4 Å². The number of fused-ring (bicyclic) bond motifs is 2. The largest absolute Gasteiger partial charge is 0.337 e. The van der Waals surface area contributed by atoms with Gasteiger partial charge in [-0.15, -0.1) is 16.4 Å². The number of amides is 1. The maximum absolute atomic E-state index is 12.7. The molecule has 7 heteroatoms. The van der Waals surface area contributed by atoms with E-state index in [9.17, 15) is 4.79 Å². The monoisotopic (exact) mass is 331 g/mol. The van der Waals surface area contributed by atoms with Crippen LogP contribution in [0.1, 0.15) is 41.0 Å². The number of hydrogen-bond acceptors (Lipinski definition) is 5. The highest BCUT2D eigenvalue weighted by atomic mass is 32.1. The number of nitrogens with zero attached hydrogens (tertiary/aromatic N) is 4. The summed E-state index contributed by atoms with van der Waals surface area (Å²) in [5.41, 5.74) is 0.440. The van der Waals surface area contributed by atoms with Gasteiger partial charge in [0.2, 0.25) is 0 Å². The molecule has 4 heterocycles. The van der Waals surface area contributed by atoms with Crippen molar-refractivity contribution in [2.24, 2.45) is 0 Å². The molecule has 0 saturated carbocycles. The van der Waals surface area contributed by atoms with Crippen LogP contribution in [0.15, 0.2) is 23.7 Å². The molecule has 4 rings (SSSR count). The molecule has 2 aromatic rings. The van der Waals surface area contributed by atoms with E-state index in [1.807, 2.05) is 23.4 Å². The molecule has 0 spiro atoms. The molecule has 0 radical (unpaired) electrons. The summed E-state index contributed by atoms with van der Waals surface area (Å²) in [5, 5.41) is 13.8. The summed E-state index contributed by atoms with van der Waals surface area (Å²) in [5.74, 6) is -0.0197. The lowest BCUT2D eigenvalue weighted by atomic mass is 9.98. The summed E-state index contributed by atoms with van der Waals surface area (Å²) in [6.45, 7) is 0.666. The summed E-state index contributed by atoms with van der Waals surface area (Å²) < 4.78 is 1.74. The minimum atomic E-state index is -0.0197. The van der Waals surface area contributed by atoms with E-state index in [0.717, 1.165) is 12.8 Å². The van der Waals surface area contributed by atoms with E-state index in [-0.39, 0.29) is 5.91 Å². The van der Waals surface area contributed by atoms with Crippen LogP contribution in [-0.2, 0) is 6.54 Å². The zero-order chi connectivity index (χ0) is 15.8. The van der Waals surface area contributed by atoms with Crippen LogP contribution in [0, 0.1) is 0 Å². The van der Waals surface area contributed by atoms with Crippen molar-refractivity contribution in [1.82, 2.24) is 25.2 Å². The first kappa shape index (κ1) is 14.8. The molecule has 6 nitrogen and oxygen atoms in total. The number of nitrogens with one attached hydrogen (secondary N) is 1. The second-order valence-corrected chi connectivity index (χ2v) is 7.59. The lowest BCUT2D eigenvalue weighted by molar-refractivity contribution is 0.0675. The van der Waals surface area contributed by atoms with E-state index in [1.165, 1.54) is 17.7 Å². The summed E-state index contributed by atoms with van der Waals surface area (Å²) >= 11 is 1.68. The van der Waals surface area contributed by atoms with Gasteiger partial charge in [-0.2, -0.15) is 0 Å². The molecule has 2 aliphatic rings. The Morgan fingerprint density at radius 3 is 2.91 bits per heavy atom. The third kappa shape index (κ3) is 3.03. The van der Waals surface area contributed by atoms with E-state index >= 15 is 0 Å².